The first-order valence-corrected chi connectivity index (χ1v) is 7.40. The van der Waals surface area contributed by atoms with Gasteiger partial charge in [0, 0.05) is 19.1 Å². The van der Waals surface area contributed by atoms with Gasteiger partial charge in [-0.15, -0.1) is 0 Å². The normalized spacial score (nSPS) is 21.9. The van der Waals surface area contributed by atoms with Gasteiger partial charge in [0.15, 0.2) is 0 Å². The SMILES string of the molecule is CCN1CCOC(C(Cc2ccc(F)cc2C)NC)C1. The number of benzene rings is 1. The van der Waals surface area contributed by atoms with E-state index in [1.807, 2.05) is 20.0 Å². The van der Waals surface area contributed by atoms with Crippen molar-refractivity contribution in [2.24, 2.45) is 0 Å². The molecule has 0 aliphatic carbocycles. The second-order valence-corrected chi connectivity index (χ2v) is 5.47. The number of morpholine rings is 1. The van der Waals surface area contributed by atoms with Gasteiger partial charge in [0.05, 0.1) is 12.7 Å². The molecule has 1 aliphatic rings. The van der Waals surface area contributed by atoms with Gasteiger partial charge in [0.1, 0.15) is 5.82 Å². The molecule has 1 aliphatic heterocycles. The Hall–Kier alpha value is -0.970. The van der Waals surface area contributed by atoms with Crippen LogP contribution in [0.25, 0.3) is 0 Å². The minimum Gasteiger partial charge on any atom is -0.374 e. The van der Waals surface area contributed by atoms with Crippen LogP contribution in [-0.4, -0.2) is 50.3 Å². The van der Waals surface area contributed by atoms with Gasteiger partial charge < -0.3 is 10.1 Å². The van der Waals surface area contributed by atoms with Crippen molar-refractivity contribution in [1.29, 1.82) is 0 Å². The summed E-state index contributed by atoms with van der Waals surface area (Å²) in [6, 6.07) is 5.28. The van der Waals surface area contributed by atoms with Gasteiger partial charge in [-0.25, -0.2) is 4.39 Å². The third-order valence-electron chi connectivity index (χ3n) is 4.19. The van der Waals surface area contributed by atoms with Crippen molar-refractivity contribution in [3.8, 4) is 0 Å². The first-order valence-electron chi connectivity index (χ1n) is 7.40. The van der Waals surface area contributed by atoms with E-state index < -0.39 is 0 Å². The molecular weight excluding hydrogens is 255 g/mol. The Morgan fingerprint density at radius 2 is 2.30 bits per heavy atom. The van der Waals surface area contributed by atoms with Crippen LogP contribution in [0.2, 0.25) is 0 Å². The Morgan fingerprint density at radius 3 is 2.95 bits per heavy atom. The van der Waals surface area contributed by atoms with Crippen molar-refractivity contribution in [3.05, 3.63) is 35.1 Å². The van der Waals surface area contributed by atoms with Crippen LogP contribution in [0.3, 0.4) is 0 Å². The molecule has 0 aromatic heterocycles. The first kappa shape index (κ1) is 15.4. The maximum absolute atomic E-state index is 13.2. The zero-order valence-corrected chi connectivity index (χ0v) is 12.7. The molecular formula is C16H25FN2O. The summed E-state index contributed by atoms with van der Waals surface area (Å²) < 4.78 is 19.1. The summed E-state index contributed by atoms with van der Waals surface area (Å²) in [7, 11) is 1.97. The van der Waals surface area contributed by atoms with E-state index in [9.17, 15) is 4.39 Å². The standard InChI is InChI=1S/C16H25FN2O/c1-4-19-7-8-20-16(11-19)15(18-3)10-13-5-6-14(17)9-12(13)2/h5-6,9,15-16,18H,4,7-8,10-11H2,1-3H3. The molecule has 1 heterocycles. The summed E-state index contributed by atoms with van der Waals surface area (Å²) >= 11 is 0. The number of hydrogen-bond donors (Lipinski definition) is 1. The average Bonchev–Trinajstić information content (AvgIpc) is 2.46. The highest BCUT2D eigenvalue weighted by molar-refractivity contribution is 5.27. The smallest absolute Gasteiger partial charge is 0.123 e. The number of nitrogens with one attached hydrogen (secondary N) is 1. The van der Waals surface area contributed by atoms with Crippen LogP contribution in [0.4, 0.5) is 4.39 Å². The Kier molecular flexibility index (Phi) is 5.52. The molecule has 2 rings (SSSR count). The number of aryl methyl sites for hydroxylation is 1. The van der Waals surface area contributed by atoms with E-state index in [0.29, 0.717) is 0 Å². The summed E-state index contributed by atoms with van der Waals surface area (Å²) in [5, 5.41) is 3.36. The van der Waals surface area contributed by atoms with Crippen LogP contribution in [0, 0.1) is 12.7 Å². The largest absolute Gasteiger partial charge is 0.374 e. The zero-order valence-electron chi connectivity index (χ0n) is 12.7. The molecule has 1 aromatic carbocycles. The van der Waals surface area contributed by atoms with Crippen LogP contribution >= 0.6 is 0 Å². The number of ether oxygens (including phenoxy) is 1. The van der Waals surface area contributed by atoms with Crippen LogP contribution in [0.15, 0.2) is 18.2 Å². The zero-order chi connectivity index (χ0) is 14.5. The molecule has 0 saturated carbocycles. The van der Waals surface area contributed by atoms with Gasteiger partial charge in [-0.1, -0.05) is 13.0 Å². The molecule has 1 fully saturated rings. The first-order chi connectivity index (χ1) is 9.63. The molecule has 0 radical (unpaired) electrons. The van der Waals surface area contributed by atoms with Crippen molar-refractivity contribution in [2.45, 2.75) is 32.4 Å². The fraction of sp³-hybridized carbons (Fsp3) is 0.625. The summed E-state index contributed by atoms with van der Waals surface area (Å²) in [4.78, 5) is 2.41. The summed E-state index contributed by atoms with van der Waals surface area (Å²) in [5.74, 6) is -0.168. The molecule has 2 unspecified atom stereocenters. The quantitative estimate of drug-likeness (QED) is 0.892. The van der Waals surface area contributed by atoms with Crippen molar-refractivity contribution in [1.82, 2.24) is 10.2 Å². The van der Waals surface area contributed by atoms with Crippen LogP contribution < -0.4 is 5.32 Å². The lowest BCUT2D eigenvalue weighted by Gasteiger charge is -2.36. The highest BCUT2D eigenvalue weighted by Crippen LogP contribution is 2.17. The van der Waals surface area contributed by atoms with Gasteiger partial charge in [0.25, 0.3) is 0 Å². The monoisotopic (exact) mass is 280 g/mol. The summed E-state index contributed by atoms with van der Waals surface area (Å²) in [5.41, 5.74) is 2.19. The number of likely N-dealkylation sites (N-methyl/N-ethyl adjacent to an activating group) is 2. The Morgan fingerprint density at radius 1 is 1.50 bits per heavy atom. The van der Waals surface area contributed by atoms with Gasteiger partial charge in [-0.05, 0) is 50.2 Å². The third-order valence-corrected chi connectivity index (χ3v) is 4.19. The minimum atomic E-state index is -0.168. The Labute approximate surface area is 121 Å². The van der Waals surface area contributed by atoms with Crippen molar-refractivity contribution < 1.29 is 9.13 Å². The van der Waals surface area contributed by atoms with E-state index in [0.717, 1.165) is 38.2 Å². The van der Waals surface area contributed by atoms with Gasteiger partial charge in [0.2, 0.25) is 0 Å². The topological polar surface area (TPSA) is 24.5 Å². The molecule has 0 amide bonds. The Bertz CT molecular complexity index is 438. The third kappa shape index (κ3) is 3.78. The second kappa shape index (κ2) is 7.16. The summed E-state index contributed by atoms with van der Waals surface area (Å²) in [6.45, 7) is 7.97. The second-order valence-electron chi connectivity index (χ2n) is 5.47. The van der Waals surface area contributed by atoms with E-state index in [4.69, 9.17) is 4.74 Å². The number of nitrogens with zero attached hydrogens (tertiary/aromatic N) is 1. The molecule has 2 atom stereocenters. The lowest BCUT2D eigenvalue weighted by molar-refractivity contribution is -0.0436. The predicted molar refractivity (Wildman–Crippen MR) is 79.5 cm³/mol. The van der Waals surface area contributed by atoms with E-state index >= 15 is 0 Å². The molecule has 0 spiro atoms. The number of rotatable bonds is 5. The fourth-order valence-electron chi connectivity index (χ4n) is 2.81. The van der Waals surface area contributed by atoms with E-state index in [1.54, 1.807) is 6.07 Å². The molecule has 3 nitrogen and oxygen atoms in total. The molecule has 1 aromatic rings. The van der Waals surface area contributed by atoms with Gasteiger partial charge in [-0.3, -0.25) is 4.90 Å². The maximum atomic E-state index is 13.2. The minimum absolute atomic E-state index is 0.168. The number of hydrogen-bond acceptors (Lipinski definition) is 3. The van der Waals surface area contributed by atoms with E-state index in [-0.39, 0.29) is 18.0 Å². The molecule has 20 heavy (non-hydrogen) atoms. The molecule has 0 bridgehead atoms. The lowest BCUT2D eigenvalue weighted by Crippen LogP contribution is -2.52. The highest BCUT2D eigenvalue weighted by Gasteiger charge is 2.27. The maximum Gasteiger partial charge on any atom is 0.123 e. The van der Waals surface area contributed by atoms with E-state index in [2.05, 4.69) is 17.1 Å². The fourth-order valence-corrected chi connectivity index (χ4v) is 2.81. The van der Waals surface area contributed by atoms with Crippen molar-refractivity contribution >= 4 is 0 Å². The molecule has 4 heteroatoms. The van der Waals surface area contributed by atoms with Crippen molar-refractivity contribution in [2.75, 3.05) is 33.3 Å². The van der Waals surface area contributed by atoms with Crippen molar-refractivity contribution in [3.63, 3.8) is 0 Å². The van der Waals surface area contributed by atoms with E-state index in [1.165, 1.54) is 11.6 Å². The van der Waals surface area contributed by atoms with Gasteiger partial charge >= 0.3 is 0 Å². The predicted octanol–water partition coefficient (Wildman–Crippen LogP) is 1.99. The molecule has 1 N–H and O–H groups in total. The van der Waals surface area contributed by atoms with Gasteiger partial charge in [-0.2, -0.15) is 0 Å². The molecule has 1 saturated heterocycles. The lowest BCUT2D eigenvalue weighted by atomic mass is 9.97. The molecule has 112 valence electrons. The highest BCUT2D eigenvalue weighted by atomic mass is 19.1. The van der Waals surface area contributed by atoms with Crippen LogP contribution in [0.1, 0.15) is 18.1 Å². The Balaban J connectivity index is 2.04. The average molecular weight is 280 g/mol. The van der Waals surface area contributed by atoms with Crippen LogP contribution in [0.5, 0.6) is 0 Å². The van der Waals surface area contributed by atoms with Crippen LogP contribution in [-0.2, 0) is 11.2 Å². The summed E-state index contributed by atoms with van der Waals surface area (Å²) in [6.07, 6.45) is 1.06. The number of halogens is 1.